The normalized spacial score (nSPS) is 24.0. The molecule has 2 aliphatic rings. The van der Waals surface area contributed by atoms with Crippen LogP contribution in [0.4, 0.5) is 20.2 Å². The molecule has 1 aliphatic carbocycles. The minimum Gasteiger partial charge on any atom is -0.396 e. The van der Waals surface area contributed by atoms with E-state index in [0.717, 1.165) is 44.0 Å². The fourth-order valence-electron chi connectivity index (χ4n) is 4.97. The molecule has 3 aromatic rings. The second-order valence-electron chi connectivity index (χ2n) is 8.93. The van der Waals surface area contributed by atoms with Gasteiger partial charge in [0.2, 0.25) is 0 Å². The van der Waals surface area contributed by atoms with Crippen molar-refractivity contribution in [3.8, 4) is 11.4 Å². The van der Waals surface area contributed by atoms with Crippen LogP contribution in [0.2, 0.25) is 0 Å². The average molecular weight is 482 g/mol. The molecular weight excluding hydrogens is 456 g/mol. The summed E-state index contributed by atoms with van der Waals surface area (Å²) in [5.74, 6) is -2.58. The van der Waals surface area contributed by atoms with E-state index in [4.69, 9.17) is 10.5 Å². The van der Waals surface area contributed by atoms with Gasteiger partial charge in [0.15, 0.2) is 11.5 Å². The number of benzene rings is 1. The minimum absolute atomic E-state index is 0.0371. The summed E-state index contributed by atoms with van der Waals surface area (Å²) in [6.45, 7) is 0. The lowest BCUT2D eigenvalue weighted by Crippen LogP contribution is -2.43. The van der Waals surface area contributed by atoms with Crippen molar-refractivity contribution in [3.63, 3.8) is 0 Å². The van der Waals surface area contributed by atoms with E-state index in [1.807, 2.05) is 0 Å². The first-order chi connectivity index (χ1) is 16.9. The molecule has 10 heteroatoms. The van der Waals surface area contributed by atoms with Gasteiger partial charge in [0, 0.05) is 24.1 Å². The zero-order valence-electron chi connectivity index (χ0n) is 18.8. The van der Waals surface area contributed by atoms with Crippen LogP contribution in [0.1, 0.15) is 54.3 Å². The Hall–Kier alpha value is -3.50. The molecule has 1 aliphatic heterocycles. The highest BCUT2D eigenvalue weighted by atomic mass is 19.1. The Kier molecular flexibility index (Phi) is 6.40. The maximum Gasteiger partial charge on any atom is 0.276 e. The Labute approximate surface area is 200 Å². The number of hydrogen-bond acceptors (Lipinski definition) is 7. The molecule has 8 nitrogen and oxygen atoms in total. The summed E-state index contributed by atoms with van der Waals surface area (Å²) in [6, 6.07) is 5.12. The Morgan fingerprint density at radius 3 is 2.71 bits per heavy atom. The molecule has 182 valence electrons. The number of aliphatic hydroxyl groups is 1. The number of pyridine rings is 1. The number of aliphatic hydroxyl groups excluding tert-OH is 1. The Balaban J connectivity index is 1.42. The number of carbonyl (C=O) groups excluding carboxylic acids is 1. The highest BCUT2D eigenvalue weighted by molar-refractivity contribution is 6.06. The fourth-order valence-corrected chi connectivity index (χ4v) is 4.97. The third kappa shape index (κ3) is 4.59. The second kappa shape index (κ2) is 9.63. The summed E-state index contributed by atoms with van der Waals surface area (Å²) in [4.78, 5) is 25.2. The summed E-state index contributed by atoms with van der Waals surface area (Å²) in [5.41, 5.74) is 6.24. The summed E-state index contributed by atoms with van der Waals surface area (Å²) < 4.78 is 34.8. The zero-order valence-corrected chi connectivity index (χ0v) is 18.8. The lowest BCUT2D eigenvalue weighted by Gasteiger charge is -2.43. The Morgan fingerprint density at radius 2 is 1.91 bits per heavy atom. The number of nitrogens with two attached hydrogens (primary N) is 1. The summed E-state index contributed by atoms with van der Waals surface area (Å²) in [6.07, 6.45) is 7.62. The average Bonchev–Trinajstić information content (AvgIpc) is 2.85. The van der Waals surface area contributed by atoms with E-state index in [9.17, 15) is 18.7 Å². The van der Waals surface area contributed by atoms with Crippen LogP contribution in [-0.2, 0) is 4.74 Å². The van der Waals surface area contributed by atoms with Gasteiger partial charge >= 0.3 is 0 Å². The molecule has 0 spiro atoms. The molecule has 1 amide bonds. The number of nitrogens with one attached hydrogen (secondary N) is 1. The largest absolute Gasteiger partial charge is 0.396 e. The SMILES string of the molecule is Nc1cnc(-c2c(F)cccc2F)nc1C(=O)Nc1cnccc1C1CC(O)C2CCCCC2O1. The van der Waals surface area contributed by atoms with Gasteiger partial charge in [0.05, 0.1) is 47.6 Å². The second-order valence-corrected chi connectivity index (χ2v) is 8.93. The first-order valence-corrected chi connectivity index (χ1v) is 11.6. The van der Waals surface area contributed by atoms with Gasteiger partial charge in [-0.1, -0.05) is 18.9 Å². The van der Waals surface area contributed by atoms with Crippen molar-refractivity contribution in [2.75, 3.05) is 11.1 Å². The van der Waals surface area contributed by atoms with Gasteiger partial charge in [0.25, 0.3) is 5.91 Å². The molecule has 4 atom stereocenters. The quantitative estimate of drug-likeness (QED) is 0.514. The van der Waals surface area contributed by atoms with E-state index in [-0.39, 0.29) is 29.2 Å². The summed E-state index contributed by atoms with van der Waals surface area (Å²) >= 11 is 0. The van der Waals surface area contributed by atoms with E-state index in [0.29, 0.717) is 17.7 Å². The predicted octanol–water partition coefficient (Wildman–Crippen LogP) is 4.03. The van der Waals surface area contributed by atoms with Crippen LogP contribution >= 0.6 is 0 Å². The number of fused-ring (bicyclic) bond motifs is 1. The van der Waals surface area contributed by atoms with E-state index in [1.54, 1.807) is 12.3 Å². The number of anilines is 2. The van der Waals surface area contributed by atoms with Gasteiger partial charge in [-0.2, -0.15) is 0 Å². The third-order valence-electron chi connectivity index (χ3n) is 6.71. The van der Waals surface area contributed by atoms with Crippen molar-refractivity contribution in [2.24, 2.45) is 5.92 Å². The minimum atomic E-state index is -0.857. The predicted molar refractivity (Wildman–Crippen MR) is 124 cm³/mol. The van der Waals surface area contributed by atoms with Crippen LogP contribution in [-0.4, -0.2) is 38.2 Å². The first-order valence-electron chi connectivity index (χ1n) is 11.6. The fraction of sp³-hybridized carbons (Fsp3) is 0.360. The molecule has 1 aromatic carbocycles. The van der Waals surface area contributed by atoms with E-state index >= 15 is 0 Å². The molecule has 4 N–H and O–H groups in total. The lowest BCUT2D eigenvalue weighted by molar-refractivity contribution is -0.151. The summed E-state index contributed by atoms with van der Waals surface area (Å²) in [5, 5.41) is 13.5. The molecule has 4 unspecified atom stereocenters. The molecule has 3 heterocycles. The number of nitrogen functional groups attached to an aromatic ring is 1. The number of nitrogens with zero attached hydrogens (tertiary/aromatic N) is 3. The Bertz CT molecular complexity index is 1240. The van der Waals surface area contributed by atoms with Crippen molar-refractivity contribution in [3.05, 3.63) is 65.7 Å². The monoisotopic (exact) mass is 481 g/mol. The van der Waals surface area contributed by atoms with Crippen LogP contribution in [0.15, 0.2) is 42.9 Å². The number of ether oxygens (including phenoxy) is 1. The van der Waals surface area contributed by atoms with Crippen LogP contribution in [0, 0.1) is 17.6 Å². The molecule has 1 saturated carbocycles. The zero-order chi connectivity index (χ0) is 24.5. The van der Waals surface area contributed by atoms with Crippen molar-refractivity contribution in [2.45, 2.75) is 50.4 Å². The van der Waals surface area contributed by atoms with Crippen molar-refractivity contribution in [1.29, 1.82) is 0 Å². The third-order valence-corrected chi connectivity index (χ3v) is 6.71. The van der Waals surface area contributed by atoms with Gasteiger partial charge in [0.1, 0.15) is 11.6 Å². The Morgan fingerprint density at radius 1 is 1.14 bits per heavy atom. The molecule has 0 radical (unpaired) electrons. The van der Waals surface area contributed by atoms with Gasteiger partial charge in [-0.25, -0.2) is 18.7 Å². The van der Waals surface area contributed by atoms with Gasteiger partial charge in [-0.3, -0.25) is 9.78 Å². The van der Waals surface area contributed by atoms with Crippen LogP contribution in [0.25, 0.3) is 11.4 Å². The molecule has 1 saturated heterocycles. The molecule has 2 aromatic heterocycles. The van der Waals surface area contributed by atoms with Crippen LogP contribution < -0.4 is 11.1 Å². The lowest BCUT2D eigenvalue weighted by atomic mass is 9.78. The van der Waals surface area contributed by atoms with Crippen molar-refractivity contribution < 1.29 is 23.4 Å². The first kappa shape index (κ1) is 23.3. The van der Waals surface area contributed by atoms with Gasteiger partial charge in [-0.05, 0) is 31.0 Å². The smallest absolute Gasteiger partial charge is 0.276 e. The van der Waals surface area contributed by atoms with Gasteiger partial charge < -0.3 is 20.9 Å². The molecule has 0 bridgehead atoms. The highest BCUT2D eigenvalue weighted by Gasteiger charge is 2.40. The number of amides is 1. The number of hydrogen-bond donors (Lipinski definition) is 3. The topological polar surface area (TPSA) is 123 Å². The van der Waals surface area contributed by atoms with Crippen molar-refractivity contribution in [1.82, 2.24) is 15.0 Å². The maximum atomic E-state index is 14.2. The number of halogens is 2. The van der Waals surface area contributed by atoms with E-state index in [2.05, 4.69) is 20.3 Å². The van der Waals surface area contributed by atoms with Crippen molar-refractivity contribution >= 4 is 17.3 Å². The number of carbonyl (C=O) groups is 1. The maximum absolute atomic E-state index is 14.2. The molecule has 5 rings (SSSR count). The number of rotatable bonds is 4. The van der Waals surface area contributed by atoms with Gasteiger partial charge in [-0.15, -0.1) is 0 Å². The molecule has 35 heavy (non-hydrogen) atoms. The number of aromatic nitrogens is 3. The standard InChI is InChI=1S/C25H25F2N5O3/c26-15-5-3-6-16(27)22(15)24-30-11-17(28)23(32-24)25(34)31-18-12-29-9-8-13(18)21-10-19(33)14-4-1-2-7-20(14)35-21/h3,5-6,8-9,11-12,14,19-21,33H,1-2,4,7,10,28H2,(H,31,34). The molecule has 2 fully saturated rings. The highest BCUT2D eigenvalue weighted by Crippen LogP contribution is 2.42. The van der Waals surface area contributed by atoms with E-state index < -0.39 is 35.3 Å². The van der Waals surface area contributed by atoms with Crippen LogP contribution in [0.3, 0.4) is 0 Å². The van der Waals surface area contributed by atoms with E-state index in [1.165, 1.54) is 12.3 Å². The van der Waals surface area contributed by atoms with Crippen LogP contribution in [0.5, 0.6) is 0 Å². The summed E-state index contributed by atoms with van der Waals surface area (Å²) in [7, 11) is 0. The molecular formula is C25H25F2N5O3.